The third-order valence-electron chi connectivity index (χ3n) is 4.71. The van der Waals surface area contributed by atoms with E-state index in [0.29, 0.717) is 41.4 Å². The Bertz CT molecular complexity index is 923. The van der Waals surface area contributed by atoms with Crippen LogP contribution in [0.5, 0.6) is 11.5 Å². The Balaban J connectivity index is 1.53. The van der Waals surface area contributed by atoms with Crippen LogP contribution in [0.3, 0.4) is 0 Å². The molecule has 2 aromatic rings. The summed E-state index contributed by atoms with van der Waals surface area (Å²) in [5.74, 6) is 0.578. The maximum atomic E-state index is 12.6. The number of benzene rings is 2. The van der Waals surface area contributed by atoms with E-state index < -0.39 is 0 Å². The first-order valence-corrected chi connectivity index (χ1v) is 9.71. The smallest absolute Gasteiger partial charge is 0.259 e. The van der Waals surface area contributed by atoms with Crippen molar-refractivity contribution in [2.24, 2.45) is 5.92 Å². The molecule has 0 bridgehead atoms. The minimum absolute atomic E-state index is 0.0528. The van der Waals surface area contributed by atoms with Crippen LogP contribution in [0.2, 0.25) is 0 Å². The van der Waals surface area contributed by atoms with Gasteiger partial charge in [-0.25, -0.2) is 0 Å². The lowest BCUT2D eigenvalue weighted by Crippen LogP contribution is -2.35. The first kappa shape index (κ1) is 21.2. The number of hydrogen-bond donors (Lipinski definition) is 3. The zero-order chi connectivity index (χ0) is 21.5. The van der Waals surface area contributed by atoms with E-state index in [1.165, 1.54) is 14.2 Å². The van der Waals surface area contributed by atoms with Crippen molar-refractivity contribution in [3.05, 3.63) is 53.6 Å². The molecule has 0 atom stereocenters. The van der Waals surface area contributed by atoms with E-state index in [1.807, 2.05) is 0 Å². The molecule has 0 radical (unpaired) electrons. The molecule has 1 saturated carbocycles. The molecule has 0 saturated heterocycles. The minimum Gasteiger partial charge on any atom is -0.497 e. The lowest BCUT2D eigenvalue weighted by Gasteiger charge is -2.11. The van der Waals surface area contributed by atoms with E-state index in [4.69, 9.17) is 9.47 Å². The van der Waals surface area contributed by atoms with Gasteiger partial charge in [0.2, 0.25) is 5.91 Å². The number of carbonyl (C=O) groups is 3. The second-order valence-corrected chi connectivity index (χ2v) is 6.92. The molecule has 3 rings (SSSR count). The van der Waals surface area contributed by atoms with E-state index >= 15 is 0 Å². The normalized spacial score (nSPS) is 12.6. The molecule has 3 amide bonds. The van der Waals surface area contributed by atoms with Crippen LogP contribution in [0.25, 0.3) is 0 Å². The zero-order valence-electron chi connectivity index (χ0n) is 17.0. The van der Waals surface area contributed by atoms with Gasteiger partial charge in [-0.1, -0.05) is 0 Å². The lowest BCUT2D eigenvalue weighted by atomic mass is 10.1. The van der Waals surface area contributed by atoms with Gasteiger partial charge in [0.1, 0.15) is 11.5 Å². The highest BCUT2D eigenvalue weighted by Gasteiger charge is 2.29. The number of rotatable bonds is 9. The molecule has 1 aliphatic carbocycles. The fourth-order valence-corrected chi connectivity index (χ4v) is 2.85. The molecule has 0 spiro atoms. The van der Waals surface area contributed by atoms with Crippen LogP contribution in [0, 0.1) is 5.92 Å². The summed E-state index contributed by atoms with van der Waals surface area (Å²) in [4.78, 5) is 36.4. The summed E-state index contributed by atoms with van der Waals surface area (Å²) in [6.45, 7) is 0.753. The zero-order valence-corrected chi connectivity index (χ0v) is 17.0. The van der Waals surface area contributed by atoms with Crippen LogP contribution in [0.1, 0.15) is 33.6 Å². The van der Waals surface area contributed by atoms with Crippen molar-refractivity contribution in [2.75, 3.05) is 32.6 Å². The van der Waals surface area contributed by atoms with E-state index in [-0.39, 0.29) is 23.6 Å². The Hall–Kier alpha value is -3.55. The van der Waals surface area contributed by atoms with Crippen LogP contribution >= 0.6 is 0 Å². The first-order chi connectivity index (χ1) is 14.5. The number of methoxy groups -OCH3 is 2. The van der Waals surface area contributed by atoms with E-state index in [0.717, 1.165) is 12.8 Å². The molecule has 3 N–H and O–H groups in total. The van der Waals surface area contributed by atoms with Crippen LogP contribution in [-0.4, -0.2) is 45.0 Å². The van der Waals surface area contributed by atoms with E-state index in [2.05, 4.69) is 16.0 Å². The average Bonchev–Trinajstić information content (AvgIpc) is 3.62. The second kappa shape index (κ2) is 9.78. The van der Waals surface area contributed by atoms with Gasteiger partial charge in [-0.15, -0.1) is 0 Å². The van der Waals surface area contributed by atoms with Crippen molar-refractivity contribution in [1.29, 1.82) is 0 Å². The summed E-state index contributed by atoms with van der Waals surface area (Å²) in [7, 11) is 3.01. The lowest BCUT2D eigenvalue weighted by molar-refractivity contribution is -0.122. The predicted octanol–water partition coefficient (Wildman–Crippen LogP) is 2.21. The highest BCUT2D eigenvalue weighted by molar-refractivity contribution is 6.06. The number of hydrogen-bond acceptors (Lipinski definition) is 5. The molecule has 2 aromatic carbocycles. The molecule has 0 unspecified atom stereocenters. The van der Waals surface area contributed by atoms with Gasteiger partial charge in [-0.2, -0.15) is 0 Å². The topological polar surface area (TPSA) is 106 Å². The fraction of sp³-hybridized carbons (Fsp3) is 0.318. The highest BCUT2D eigenvalue weighted by atomic mass is 16.5. The van der Waals surface area contributed by atoms with Crippen LogP contribution in [-0.2, 0) is 4.79 Å². The Morgan fingerprint density at radius 2 is 1.60 bits per heavy atom. The number of nitrogens with one attached hydrogen (secondary N) is 3. The van der Waals surface area contributed by atoms with Gasteiger partial charge in [0.25, 0.3) is 11.8 Å². The monoisotopic (exact) mass is 411 g/mol. The van der Waals surface area contributed by atoms with Gasteiger partial charge in [-0.05, 0) is 55.3 Å². The Morgan fingerprint density at radius 3 is 2.23 bits per heavy atom. The van der Waals surface area contributed by atoms with Crippen molar-refractivity contribution in [1.82, 2.24) is 10.6 Å². The number of anilines is 1. The Labute approximate surface area is 174 Å². The van der Waals surface area contributed by atoms with Crippen molar-refractivity contribution < 1.29 is 23.9 Å². The maximum Gasteiger partial charge on any atom is 0.259 e. The molecule has 0 heterocycles. The van der Waals surface area contributed by atoms with Crippen LogP contribution in [0.15, 0.2) is 42.5 Å². The quantitative estimate of drug-likeness (QED) is 0.549. The molecule has 1 fully saturated rings. The second-order valence-electron chi connectivity index (χ2n) is 6.92. The standard InChI is InChI=1S/C22H25N3O5/c1-29-17-9-10-19(30-2)18(13-17)22(28)25-16-7-5-15(6-8-16)21(27)24-12-11-23-20(26)14-3-4-14/h5-10,13-14H,3-4,11-12H2,1-2H3,(H,23,26)(H,24,27)(H,25,28). The summed E-state index contributed by atoms with van der Waals surface area (Å²) in [5.41, 5.74) is 1.34. The van der Waals surface area contributed by atoms with Crippen molar-refractivity contribution >= 4 is 23.4 Å². The largest absolute Gasteiger partial charge is 0.497 e. The number of ether oxygens (including phenoxy) is 2. The molecule has 8 heteroatoms. The third kappa shape index (κ3) is 5.50. The summed E-state index contributed by atoms with van der Waals surface area (Å²) in [6.07, 6.45) is 1.90. The van der Waals surface area contributed by atoms with Gasteiger partial charge in [0.15, 0.2) is 0 Å². The average molecular weight is 411 g/mol. The Morgan fingerprint density at radius 1 is 0.900 bits per heavy atom. The molecule has 8 nitrogen and oxygen atoms in total. The van der Waals surface area contributed by atoms with Crippen molar-refractivity contribution in [2.45, 2.75) is 12.8 Å². The molecule has 0 aromatic heterocycles. The van der Waals surface area contributed by atoms with Crippen LogP contribution < -0.4 is 25.4 Å². The van der Waals surface area contributed by atoms with Gasteiger partial charge < -0.3 is 25.4 Å². The maximum absolute atomic E-state index is 12.6. The van der Waals surface area contributed by atoms with Crippen molar-refractivity contribution in [3.8, 4) is 11.5 Å². The predicted molar refractivity (Wildman–Crippen MR) is 112 cm³/mol. The van der Waals surface area contributed by atoms with Crippen molar-refractivity contribution in [3.63, 3.8) is 0 Å². The number of amides is 3. The fourth-order valence-electron chi connectivity index (χ4n) is 2.85. The van der Waals surface area contributed by atoms with Gasteiger partial charge in [0.05, 0.1) is 19.8 Å². The molecular weight excluding hydrogens is 386 g/mol. The van der Waals surface area contributed by atoms with Crippen LogP contribution in [0.4, 0.5) is 5.69 Å². The molecule has 30 heavy (non-hydrogen) atoms. The summed E-state index contributed by atoms with van der Waals surface area (Å²) in [6, 6.07) is 11.5. The summed E-state index contributed by atoms with van der Waals surface area (Å²) in [5, 5.41) is 8.33. The SMILES string of the molecule is COc1ccc(OC)c(C(=O)Nc2ccc(C(=O)NCCNC(=O)C3CC3)cc2)c1. The summed E-state index contributed by atoms with van der Waals surface area (Å²) >= 11 is 0. The van der Waals surface area contributed by atoms with Gasteiger partial charge in [-0.3, -0.25) is 14.4 Å². The molecular formula is C22H25N3O5. The van der Waals surface area contributed by atoms with E-state index in [9.17, 15) is 14.4 Å². The molecule has 0 aliphatic heterocycles. The minimum atomic E-state index is -0.352. The first-order valence-electron chi connectivity index (χ1n) is 9.71. The van der Waals surface area contributed by atoms with E-state index in [1.54, 1.807) is 42.5 Å². The summed E-state index contributed by atoms with van der Waals surface area (Å²) < 4.78 is 10.4. The molecule has 1 aliphatic rings. The third-order valence-corrected chi connectivity index (χ3v) is 4.71. The number of carbonyl (C=O) groups excluding carboxylic acids is 3. The van der Waals surface area contributed by atoms with Gasteiger partial charge >= 0.3 is 0 Å². The highest BCUT2D eigenvalue weighted by Crippen LogP contribution is 2.28. The van der Waals surface area contributed by atoms with Gasteiger partial charge in [0, 0.05) is 30.3 Å². The molecule has 158 valence electrons. The Kier molecular flexibility index (Phi) is 6.90.